The molecule has 0 aliphatic carbocycles. The summed E-state index contributed by atoms with van der Waals surface area (Å²) in [4.78, 5) is 18.5. The monoisotopic (exact) mass is 292 g/mol. The molecule has 1 amide bonds. The van der Waals surface area contributed by atoms with Crippen LogP contribution >= 0.6 is 11.3 Å². The van der Waals surface area contributed by atoms with Gasteiger partial charge in [0.05, 0.1) is 0 Å². The largest absolute Gasteiger partial charge is 0.361 e. The standard InChI is InChI=1S/C13H16N4O2S/c1-9-8-11(16-19-9)12(18)15-10-2-5-17(6-3-10)13-14-4-7-20-13/h4,7-8,10H,2-3,5-6H2,1H3,(H,15,18). The summed E-state index contributed by atoms with van der Waals surface area (Å²) < 4.78 is 4.91. The lowest BCUT2D eigenvalue weighted by Crippen LogP contribution is -2.44. The second kappa shape index (κ2) is 5.62. The summed E-state index contributed by atoms with van der Waals surface area (Å²) in [6.07, 6.45) is 3.66. The maximum Gasteiger partial charge on any atom is 0.273 e. The third-order valence-electron chi connectivity index (χ3n) is 3.38. The molecule has 20 heavy (non-hydrogen) atoms. The van der Waals surface area contributed by atoms with Gasteiger partial charge in [0.25, 0.3) is 5.91 Å². The van der Waals surface area contributed by atoms with Crippen LogP contribution in [0.4, 0.5) is 5.13 Å². The zero-order chi connectivity index (χ0) is 13.9. The van der Waals surface area contributed by atoms with Crippen LogP contribution in [0.25, 0.3) is 0 Å². The Kier molecular flexibility index (Phi) is 3.68. The van der Waals surface area contributed by atoms with Crippen LogP contribution in [0.1, 0.15) is 29.1 Å². The van der Waals surface area contributed by atoms with Crippen LogP contribution in [0.15, 0.2) is 22.2 Å². The smallest absolute Gasteiger partial charge is 0.273 e. The van der Waals surface area contributed by atoms with E-state index in [9.17, 15) is 4.79 Å². The lowest BCUT2D eigenvalue weighted by atomic mass is 10.1. The van der Waals surface area contributed by atoms with Gasteiger partial charge in [-0.15, -0.1) is 11.3 Å². The van der Waals surface area contributed by atoms with Crippen LogP contribution in [0, 0.1) is 6.92 Å². The van der Waals surface area contributed by atoms with Gasteiger partial charge in [0.2, 0.25) is 0 Å². The molecular weight excluding hydrogens is 276 g/mol. The van der Waals surface area contributed by atoms with E-state index in [0.717, 1.165) is 31.1 Å². The zero-order valence-electron chi connectivity index (χ0n) is 11.2. The van der Waals surface area contributed by atoms with Crippen LogP contribution < -0.4 is 10.2 Å². The van der Waals surface area contributed by atoms with Crippen LogP contribution in [0.5, 0.6) is 0 Å². The number of thiazole rings is 1. The van der Waals surface area contributed by atoms with E-state index in [4.69, 9.17) is 4.52 Å². The Balaban J connectivity index is 1.52. The molecule has 1 aliphatic rings. The number of hydrogen-bond acceptors (Lipinski definition) is 6. The minimum atomic E-state index is -0.158. The van der Waals surface area contributed by atoms with Crippen LogP contribution in [0.3, 0.4) is 0 Å². The van der Waals surface area contributed by atoms with E-state index in [2.05, 4.69) is 20.4 Å². The number of nitrogens with zero attached hydrogens (tertiary/aromatic N) is 3. The molecule has 1 aliphatic heterocycles. The molecule has 2 aromatic heterocycles. The van der Waals surface area contributed by atoms with E-state index in [-0.39, 0.29) is 11.9 Å². The Morgan fingerprint density at radius 2 is 2.30 bits per heavy atom. The number of aromatic nitrogens is 2. The Labute approximate surface area is 120 Å². The van der Waals surface area contributed by atoms with Crippen molar-refractivity contribution in [2.24, 2.45) is 0 Å². The Morgan fingerprint density at radius 1 is 1.50 bits per heavy atom. The molecule has 3 rings (SSSR count). The molecule has 0 aromatic carbocycles. The molecule has 6 nitrogen and oxygen atoms in total. The molecule has 0 radical (unpaired) electrons. The second-order valence-corrected chi connectivity index (χ2v) is 5.75. The van der Waals surface area contributed by atoms with E-state index >= 15 is 0 Å². The average molecular weight is 292 g/mol. The lowest BCUT2D eigenvalue weighted by molar-refractivity contribution is 0.0922. The third kappa shape index (κ3) is 2.82. The van der Waals surface area contributed by atoms with Crippen molar-refractivity contribution in [3.8, 4) is 0 Å². The maximum absolute atomic E-state index is 12.0. The highest BCUT2D eigenvalue weighted by molar-refractivity contribution is 7.13. The van der Waals surface area contributed by atoms with Crippen molar-refractivity contribution in [2.45, 2.75) is 25.8 Å². The van der Waals surface area contributed by atoms with Gasteiger partial charge >= 0.3 is 0 Å². The van der Waals surface area contributed by atoms with Crippen LogP contribution in [0.2, 0.25) is 0 Å². The van der Waals surface area contributed by atoms with Gasteiger partial charge in [0.15, 0.2) is 10.8 Å². The maximum atomic E-state index is 12.0. The molecular formula is C13H16N4O2S. The summed E-state index contributed by atoms with van der Waals surface area (Å²) in [5.74, 6) is 0.489. The summed E-state index contributed by atoms with van der Waals surface area (Å²) in [6.45, 7) is 3.60. The topological polar surface area (TPSA) is 71.3 Å². The zero-order valence-corrected chi connectivity index (χ0v) is 12.0. The van der Waals surface area contributed by atoms with Gasteiger partial charge in [0, 0.05) is 36.8 Å². The fraction of sp³-hybridized carbons (Fsp3) is 0.462. The van der Waals surface area contributed by atoms with E-state index in [1.807, 2.05) is 11.6 Å². The number of rotatable bonds is 3. The fourth-order valence-corrected chi connectivity index (χ4v) is 3.02. The number of anilines is 1. The summed E-state index contributed by atoms with van der Waals surface area (Å²) in [5.41, 5.74) is 0.352. The van der Waals surface area contributed by atoms with Crippen LogP contribution in [-0.4, -0.2) is 35.2 Å². The highest BCUT2D eigenvalue weighted by atomic mass is 32.1. The van der Waals surface area contributed by atoms with Crippen molar-refractivity contribution in [3.63, 3.8) is 0 Å². The fourth-order valence-electron chi connectivity index (χ4n) is 2.32. The number of nitrogens with one attached hydrogen (secondary N) is 1. The van der Waals surface area contributed by atoms with Gasteiger partial charge in [-0.05, 0) is 19.8 Å². The van der Waals surface area contributed by atoms with Crippen molar-refractivity contribution < 1.29 is 9.32 Å². The normalized spacial score (nSPS) is 16.4. The minimum Gasteiger partial charge on any atom is -0.361 e. The number of amides is 1. The van der Waals surface area contributed by atoms with Crippen LogP contribution in [-0.2, 0) is 0 Å². The van der Waals surface area contributed by atoms with Gasteiger partial charge in [-0.1, -0.05) is 5.16 Å². The Morgan fingerprint density at radius 3 is 2.90 bits per heavy atom. The predicted octanol–water partition coefficient (Wildman–Crippen LogP) is 1.84. The summed E-state index contributed by atoms with van der Waals surface area (Å²) in [5, 5.41) is 9.78. The van der Waals surface area contributed by atoms with E-state index in [1.54, 1.807) is 24.3 Å². The first kappa shape index (κ1) is 13.1. The molecule has 7 heteroatoms. The SMILES string of the molecule is Cc1cc(C(=O)NC2CCN(c3nccs3)CC2)no1. The second-order valence-electron chi connectivity index (χ2n) is 4.87. The first-order valence-electron chi connectivity index (χ1n) is 6.61. The lowest BCUT2D eigenvalue weighted by Gasteiger charge is -2.31. The molecule has 0 atom stereocenters. The van der Waals surface area contributed by atoms with Crippen molar-refractivity contribution >= 4 is 22.4 Å². The molecule has 1 saturated heterocycles. The quantitative estimate of drug-likeness (QED) is 0.934. The van der Waals surface area contributed by atoms with Crippen molar-refractivity contribution in [3.05, 3.63) is 29.1 Å². The number of piperidine rings is 1. The van der Waals surface area contributed by atoms with Crippen molar-refractivity contribution in [1.82, 2.24) is 15.5 Å². The van der Waals surface area contributed by atoms with Gasteiger partial charge in [-0.25, -0.2) is 4.98 Å². The van der Waals surface area contributed by atoms with Crippen molar-refractivity contribution in [2.75, 3.05) is 18.0 Å². The van der Waals surface area contributed by atoms with E-state index in [0.29, 0.717) is 11.5 Å². The molecule has 1 N–H and O–H groups in total. The highest BCUT2D eigenvalue weighted by Gasteiger charge is 2.23. The van der Waals surface area contributed by atoms with Crippen molar-refractivity contribution in [1.29, 1.82) is 0 Å². The summed E-state index contributed by atoms with van der Waals surface area (Å²) in [7, 11) is 0. The number of aryl methyl sites for hydroxylation is 1. The predicted molar refractivity (Wildman–Crippen MR) is 76.1 cm³/mol. The first-order chi connectivity index (χ1) is 9.72. The molecule has 2 aromatic rings. The number of carbonyl (C=O) groups is 1. The molecule has 0 bridgehead atoms. The van der Waals surface area contributed by atoms with Gasteiger partial charge in [-0.3, -0.25) is 4.79 Å². The Hall–Kier alpha value is -1.89. The Bertz CT molecular complexity index is 573. The van der Waals surface area contributed by atoms with E-state index in [1.165, 1.54) is 0 Å². The molecule has 0 unspecified atom stereocenters. The molecule has 0 spiro atoms. The average Bonchev–Trinajstić information content (AvgIpc) is 3.10. The number of hydrogen-bond donors (Lipinski definition) is 1. The molecule has 0 saturated carbocycles. The van der Waals surface area contributed by atoms with Gasteiger partial charge in [-0.2, -0.15) is 0 Å². The van der Waals surface area contributed by atoms with Gasteiger partial charge in [0.1, 0.15) is 5.76 Å². The molecule has 3 heterocycles. The third-order valence-corrected chi connectivity index (χ3v) is 4.21. The number of carbonyl (C=O) groups excluding carboxylic acids is 1. The summed E-state index contributed by atoms with van der Waals surface area (Å²) >= 11 is 1.65. The first-order valence-corrected chi connectivity index (χ1v) is 7.49. The highest BCUT2D eigenvalue weighted by Crippen LogP contribution is 2.22. The van der Waals surface area contributed by atoms with E-state index < -0.39 is 0 Å². The van der Waals surface area contributed by atoms with Gasteiger partial charge < -0.3 is 14.7 Å². The molecule has 106 valence electrons. The molecule has 1 fully saturated rings. The summed E-state index contributed by atoms with van der Waals surface area (Å²) in [6, 6.07) is 1.84. The minimum absolute atomic E-state index is 0.158.